The van der Waals surface area contributed by atoms with E-state index < -0.39 is 11.5 Å². The van der Waals surface area contributed by atoms with E-state index in [9.17, 15) is 9.90 Å². The van der Waals surface area contributed by atoms with Gasteiger partial charge in [-0.2, -0.15) is 4.98 Å². The van der Waals surface area contributed by atoms with E-state index in [-0.39, 0.29) is 11.9 Å². The molecule has 4 N–H and O–H groups in total. The third-order valence-electron chi connectivity index (χ3n) is 7.23. The number of hydrogen-bond donors (Lipinski definition) is 4. The SMILES string of the molecule is CNC(=O)c1nc(-c2cnc3[nH]ccc3c2N[C@H]2[C@@H]3CC4C[C@H]2C[C@@](O)(C4)C3)no1. The Bertz CT molecular complexity index is 1120. The molecule has 4 bridgehead atoms. The van der Waals surface area contributed by atoms with E-state index in [2.05, 4.69) is 30.7 Å². The van der Waals surface area contributed by atoms with Gasteiger partial charge in [-0.25, -0.2) is 4.98 Å². The molecule has 1 amide bonds. The smallest absolute Gasteiger partial charge is 0.316 e. The van der Waals surface area contributed by atoms with Crippen LogP contribution in [0.4, 0.5) is 5.69 Å². The molecule has 1 unspecified atom stereocenters. The van der Waals surface area contributed by atoms with Crippen molar-refractivity contribution >= 4 is 22.6 Å². The molecule has 0 aromatic carbocycles. The summed E-state index contributed by atoms with van der Waals surface area (Å²) in [7, 11) is 1.52. The summed E-state index contributed by atoms with van der Waals surface area (Å²) < 4.78 is 5.15. The predicted molar refractivity (Wildman–Crippen MR) is 109 cm³/mol. The Morgan fingerprint density at radius 3 is 2.83 bits per heavy atom. The van der Waals surface area contributed by atoms with Crippen molar-refractivity contribution in [2.45, 2.75) is 43.7 Å². The summed E-state index contributed by atoms with van der Waals surface area (Å²) in [6.45, 7) is 0. The normalized spacial score (nSPS) is 31.9. The maximum atomic E-state index is 11.9. The van der Waals surface area contributed by atoms with Gasteiger partial charge in [0.1, 0.15) is 5.65 Å². The lowest BCUT2D eigenvalue weighted by atomic mass is 9.52. The van der Waals surface area contributed by atoms with E-state index in [1.807, 2.05) is 12.3 Å². The summed E-state index contributed by atoms with van der Waals surface area (Å²) in [6.07, 6.45) is 8.57. The lowest BCUT2D eigenvalue weighted by molar-refractivity contribution is -0.129. The topological polar surface area (TPSA) is 129 Å². The molecule has 9 heteroatoms. The van der Waals surface area contributed by atoms with Crippen LogP contribution in [0.15, 0.2) is 23.0 Å². The molecule has 4 aliphatic rings. The fraction of sp³-hybridized carbons (Fsp3) is 0.524. The van der Waals surface area contributed by atoms with Crippen LogP contribution in [0.25, 0.3) is 22.4 Å². The first-order valence-corrected chi connectivity index (χ1v) is 10.5. The fourth-order valence-electron chi connectivity index (χ4n) is 6.25. The summed E-state index contributed by atoms with van der Waals surface area (Å²) in [5.74, 6) is 1.36. The Balaban J connectivity index is 1.40. The van der Waals surface area contributed by atoms with Gasteiger partial charge in [0.2, 0.25) is 5.82 Å². The van der Waals surface area contributed by atoms with Gasteiger partial charge in [-0.05, 0) is 55.9 Å². The van der Waals surface area contributed by atoms with Crippen LogP contribution in [0, 0.1) is 17.8 Å². The van der Waals surface area contributed by atoms with Crippen LogP contribution in [0.3, 0.4) is 0 Å². The second-order valence-electron chi connectivity index (χ2n) is 9.15. The highest BCUT2D eigenvalue weighted by Gasteiger charge is 2.54. The van der Waals surface area contributed by atoms with E-state index in [0.717, 1.165) is 48.8 Å². The highest BCUT2D eigenvalue weighted by atomic mass is 16.5. The molecule has 3 heterocycles. The van der Waals surface area contributed by atoms with Crippen LogP contribution in [0.5, 0.6) is 0 Å². The lowest BCUT2D eigenvalue weighted by Gasteiger charge is -2.58. The molecular weight excluding hydrogens is 384 g/mol. The van der Waals surface area contributed by atoms with Gasteiger partial charge in [0.15, 0.2) is 0 Å². The van der Waals surface area contributed by atoms with Crippen LogP contribution in [-0.4, -0.2) is 49.8 Å². The number of carbonyl (C=O) groups is 1. The number of H-pyrrole nitrogens is 1. The van der Waals surface area contributed by atoms with Gasteiger partial charge >= 0.3 is 11.8 Å². The second-order valence-corrected chi connectivity index (χ2v) is 9.15. The van der Waals surface area contributed by atoms with Crippen molar-refractivity contribution in [2.24, 2.45) is 17.8 Å². The summed E-state index contributed by atoms with van der Waals surface area (Å²) in [4.78, 5) is 23.8. The molecule has 4 aliphatic carbocycles. The number of aliphatic hydroxyl groups is 1. The number of pyridine rings is 1. The van der Waals surface area contributed by atoms with Crippen LogP contribution in [-0.2, 0) is 0 Å². The molecule has 3 aromatic rings. The van der Waals surface area contributed by atoms with E-state index in [1.54, 1.807) is 6.20 Å². The van der Waals surface area contributed by atoms with E-state index in [1.165, 1.54) is 7.05 Å². The molecule has 0 radical (unpaired) electrons. The molecule has 3 aromatic heterocycles. The Morgan fingerprint density at radius 2 is 2.10 bits per heavy atom. The Labute approximate surface area is 172 Å². The monoisotopic (exact) mass is 408 g/mol. The zero-order chi connectivity index (χ0) is 20.5. The average molecular weight is 408 g/mol. The molecule has 4 saturated carbocycles. The first kappa shape index (κ1) is 17.9. The standard InChI is InChI=1S/C21H24N6O3/c1-22-19(28)20-26-18(27-30-20)14-9-24-17-13(2-3-23-17)16(14)25-15-11-4-10-5-12(15)8-21(29,6-10)7-11/h2-3,9-12,15,29H,4-8H2,1H3,(H,22,28)(H2,23,24,25)/t10?,11-,12+,15+,21-. The molecule has 30 heavy (non-hydrogen) atoms. The van der Waals surface area contributed by atoms with Crippen molar-refractivity contribution in [1.82, 2.24) is 25.4 Å². The van der Waals surface area contributed by atoms with Gasteiger partial charge in [-0.1, -0.05) is 5.16 Å². The Morgan fingerprint density at radius 1 is 1.30 bits per heavy atom. The molecule has 0 spiro atoms. The van der Waals surface area contributed by atoms with Gasteiger partial charge in [-0.15, -0.1) is 0 Å². The number of nitrogens with one attached hydrogen (secondary N) is 3. The van der Waals surface area contributed by atoms with Gasteiger partial charge in [0.25, 0.3) is 0 Å². The largest absolute Gasteiger partial charge is 0.390 e. The maximum absolute atomic E-state index is 11.9. The first-order valence-electron chi connectivity index (χ1n) is 10.5. The highest BCUT2D eigenvalue weighted by molar-refractivity contribution is 5.97. The van der Waals surface area contributed by atoms with E-state index >= 15 is 0 Å². The zero-order valence-electron chi connectivity index (χ0n) is 16.7. The minimum atomic E-state index is -0.477. The minimum Gasteiger partial charge on any atom is -0.390 e. The minimum absolute atomic E-state index is 0.0792. The van der Waals surface area contributed by atoms with Gasteiger partial charge in [0.05, 0.1) is 16.9 Å². The zero-order valence-corrected chi connectivity index (χ0v) is 16.7. The molecule has 0 saturated heterocycles. The number of aromatic amines is 1. The van der Waals surface area contributed by atoms with Crippen molar-refractivity contribution in [2.75, 3.05) is 12.4 Å². The maximum Gasteiger partial charge on any atom is 0.316 e. The number of carbonyl (C=O) groups excluding carboxylic acids is 1. The number of nitrogens with zero attached hydrogens (tertiary/aromatic N) is 3. The molecule has 156 valence electrons. The number of fused-ring (bicyclic) bond motifs is 1. The first-order chi connectivity index (χ1) is 14.5. The second kappa shape index (κ2) is 6.28. The molecule has 5 atom stereocenters. The van der Waals surface area contributed by atoms with Crippen molar-refractivity contribution in [3.63, 3.8) is 0 Å². The summed E-state index contributed by atoms with van der Waals surface area (Å²) in [5.41, 5.74) is 1.90. The quantitative estimate of drug-likeness (QED) is 0.521. The molecule has 4 fully saturated rings. The van der Waals surface area contributed by atoms with Crippen LogP contribution < -0.4 is 10.6 Å². The molecule has 7 rings (SSSR count). The van der Waals surface area contributed by atoms with Gasteiger partial charge < -0.3 is 25.2 Å². The predicted octanol–water partition coefficient (Wildman–Crippen LogP) is 2.32. The highest BCUT2D eigenvalue weighted by Crippen LogP contribution is 2.56. The number of amides is 1. The van der Waals surface area contributed by atoms with Crippen LogP contribution >= 0.6 is 0 Å². The third-order valence-corrected chi connectivity index (χ3v) is 7.23. The number of rotatable bonds is 4. The molecule has 0 aliphatic heterocycles. The third kappa shape index (κ3) is 2.64. The van der Waals surface area contributed by atoms with E-state index in [0.29, 0.717) is 29.1 Å². The number of anilines is 1. The average Bonchev–Trinajstić information content (AvgIpc) is 3.38. The van der Waals surface area contributed by atoms with Crippen molar-refractivity contribution in [3.05, 3.63) is 24.4 Å². The fourth-order valence-corrected chi connectivity index (χ4v) is 6.25. The molecular formula is C21H24N6O3. The Hall–Kier alpha value is -2.94. The number of aromatic nitrogens is 4. The Kier molecular flexibility index (Phi) is 3.74. The van der Waals surface area contributed by atoms with Gasteiger partial charge in [0, 0.05) is 30.9 Å². The van der Waals surface area contributed by atoms with Gasteiger partial charge in [-0.3, -0.25) is 4.79 Å². The summed E-state index contributed by atoms with van der Waals surface area (Å²) in [6, 6.07) is 2.27. The number of hydrogen-bond acceptors (Lipinski definition) is 7. The summed E-state index contributed by atoms with van der Waals surface area (Å²) >= 11 is 0. The van der Waals surface area contributed by atoms with Crippen molar-refractivity contribution in [3.8, 4) is 11.4 Å². The van der Waals surface area contributed by atoms with Crippen molar-refractivity contribution in [1.29, 1.82) is 0 Å². The summed E-state index contributed by atoms with van der Waals surface area (Å²) in [5, 5.41) is 22.2. The van der Waals surface area contributed by atoms with Crippen LogP contribution in [0.1, 0.15) is 42.8 Å². The van der Waals surface area contributed by atoms with Crippen LogP contribution in [0.2, 0.25) is 0 Å². The van der Waals surface area contributed by atoms with Crippen molar-refractivity contribution < 1.29 is 14.4 Å². The van der Waals surface area contributed by atoms with E-state index in [4.69, 9.17) is 4.52 Å². The lowest BCUT2D eigenvalue weighted by Crippen LogP contribution is -2.59. The molecule has 9 nitrogen and oxygen atoms in total.